The first-order chi connectivity index (χ1) is 8.76. The molecule has 1 aliphatic carbocycles. The van der Waals surface area contributed by atoms with E-state index in [2.05, 4.69) is 10.1 Å². The second-order valence-corrected chi connectivity index (χ2v) is 5.02. The number of hydrogen-bond acceptors (Lipinski definition) is 4. The van der Waals surface area contributed by atoms with Crippen molar-refractivity contribution in [2.24, 2.45) is 17.6 Å². The minimum Gasteiger partial charge on any atom is -0.330 e. The van der Waals surface area contributed by atoms with Crippen molar-refractivity contribution < 1.29 is 4.79 Å². The Morgan fingerprint density at radius 1 is 1.50 bits per heavy atom. The Morgan fingerprint density at radius 3 is 3.00 bits per heavy atom. The van der Waals surface area contributed by atoms with Crippen LogP contribution in [0.1, 0.15) is 38.4 Å². The molecular weight excluding hydrogens is 228 g/mol. The molecule has 0 radical (unpaired) electrons. The van der Waals surface area contributed by atoms with Crippen LogP contribution in [0.3, 0.4) is 0 Å². The zero-order valence-electron chi connectivity index (χ0n) is 11.0. The Bertz CT molecular complexity index is 401. The molecule has 1 fully saturated rings. The molecule has 0 aromatic carbocycles. The fraction of sp³-hybridized carbons (Fsp3) is 0.769. The van der Waals surface area contributed by atoms with Crippen molar-refractivity contribution in [3.05, 3.63) is 12.2 Å². The van der Waals surface area contributed by atoms with E-state index in [-0.39, 0.29) is 11.7 Å². The second kappa shape index (κ2) is 6.09. The topological polar surface area (TPSA) is 73.8 Å². The summed E-state index contributed by atoms with van der Waals surface area (Å²) in [6.45, 7) is 3.39. The van der Waals surface area contributed by atoms with E-state index in [0.717, 1.165) is 31.6 Å². The van der Waals surface area contributed by atoms with E-state index in [1.807, 2.05) is 6.92 Å². The van der Waals surface area contributed by atoms with Gasteiger partial charge in [-0.15, -0.1) is 0 Å². The van der Waals surface area contributed by atoms with Gasteiger partial charge in [0.25, 0.3) is 0 Å². The van der Waals surface area contributed by atoms with Crippen LogP contribution < -0.4 is 5.73 Å². The van der Waals surface area contributed by atoms with Crippen molar-refractivity contribution >= 4 is 5.78 Å². The molecule has 2 unspecified atom stereocenters. The van der Waals surface area contributed by atoms with E-state index in [0.29, 0.717) is 18.9 Å². The molecule has 1 saturated carbocycles. The quantitative estimate of drug-likeness (QED) is 0.851. The number of rotatable bonds is 5. The normalized spacial score (nSPS) is 24.1. The SMILES string of the molecule is CCn1ncnc1CC(=O)C1CCCCC1CN. The molecule has 1 heterocycles. The fourth-order valence-electron chi connectivity index (χ4n) is 2.89. The number of nitrogens with two attached hydrogens (primary N) is 1. The highest BCUT2D eigenvalue weighted by Crippen LogP contribution is 2.30. The lowest BCUT2D eigenvalue weighted by Crippen LogP contribution is -2.33. The number of aromatic nitrogens is 3. The molecule has 0 spiro atoms. The molecule has 100 valence electrons. The molecule has 18 heavy (non-hydrogen) atoms. The van der Waals surface area contributed by atoms with Gasteiger partial charge in [0.1, 0.15) is 17.9 Å². The predicted molar refractivity (Wildman–Crippen MR) is 68.9 cm³/mol. The summed E-state index contributed by atoms with van der Waals surface area (Å²) in [5.41, 5.74) is 5.78. The van der Waals surface area contributed by atoms with Gasteiger partial charge in [-0.3, -0.25) is 4.79 Å². The largest absolute Gasteiger partial charge is 0.330 e. The average Bonchev–Trinajstić information content (AvgIpc) is 2.85. The Hall–Kier alpha value is -1.23. The van der Waals surface area contributed by atoms with Crippen LogP contribution in [0.25, 0.3) is 0 Å². The molecule has 2 atom stereocenters. The van der Waals surface area contributed by atoms with Gasteiger partial charge in [0.2, 0.25) is 0 Å². The van der Waals surface area contributed by atoms with Gasteiger partial charge in [-0.05, 0) is 32.2 Å². The Balaban J connectivity index is 2.02. The zero-order valence-corrected chi connectivity index (χ0v) is 11.0. The van der Waals surface area contributed by atoms with Crippen LogP contribution in [-0.4, -0.2) is 27.1 Å². The lowest BCUT2D eigenvalue weighted by Gasteiger charge is -2.29. The summed E-state index contributed by atoms with van der Waals surface area (Å²) in [5, 5.41) is 4.10. The lowest BCUT2D eigenvalue weighted by molar-refractivity contribution is -0.124. The highest BCUT2D eigenvalue weighted by atomic mass is 16.1. The Labute approximate surface area is 108 Å². The van der Waals surface area contributed by atoms with E-state index in [4.69, 9.17) is 5.73 Å². The molecule has 5 heteroatoms. The summed E-state index contributed by atoms with van der Waals surface area (Å²) in [5.74, 6) is 1.56. The smallest absolute Gasteiger partial charge is 0.143 e. The van der Waals surface area contributed by atoms with Crippen LogP contribution in [-0.2, 0) is 17.8 Å². The van der Waals surface area contributed by atoms with Gasteiger partial charge < -0.3 is 5.73 Å². The van der Waals surface area contributed by atoms with Gasteiger partial charge in [-0.1, -0.05) is 12.8 Å². The first-order valence-electron chi connectivity index (χ1n) is 6.85. The van der Waals surface area contributed by atoms with Crippen molar-refractivity contribution in [2.45, 2.75) is 45.6 Å². The van der Waals surface area contributed by atoms with Crippen LogP contribution in [0.2, 0.25) is 0 Å². The van der Waals surface area contributed by atoms with Crippen molar-refractivity contribution in [1.82, 2.24) is 14.8 Å². The van der Waals surface area contributed by atoms with Crippen LogP contribution in [0, 0.1) is 11.8 Å². The summed E-state index contributed by atoms with van der Waals surface area (Å²) in [6.07, 6.45) is 6.35. The molecule has 2 rings (SSSR count). The Morgan fingerprint density at radius 2 is 2.28 bits per heavy atom. The Kier molecular flexibility index (Phi) is 4.47. The average molecular weight is 250 g/mol. The van der Waals surface area contributed by atoms with Gasteiger partial charge in [-0.25, -0.2) is 9.67 Å². The third kappa shape index (κ3) is 2.77. The molecule has 0 aliphatic heterocycles. The van der Waals surface area contributed by atoms with Crippen molar-refractivity contribution in [3.8, 4) is 0 Å². The number of nitrogens with zero attached hydrogens (tertiary/aromatic N) is 3. The van der Waals surface area contributed by atoms with Crippen LogP contribution >= 0.6 is 0 Å². The minimum atomic E-state index is 0.130. The van der Waals surface area contributed by atoms with E-state index < -0.39 is 0 Å². The van der Waals surface area contributed by atoms with Crippen LogP contribution in [0.5, 0.6) is 0 Å². The van der Waals surface area contributed by atoms with Crippen molar-refractivity contribution in [2.75, 3.05) is 6.54 Å². The highest BCUT2D eigenvalue weighted by molar-refractivity contribution is 5.83. The van der Waals surface area contributed by atoms with Crippen molar-refractivity contribution in [3.63, 3.8) is 0 Å². The molecular formula is C13H22N4O. The summed E-state index contributed by atoms with van der Waals surface area (Å²) < 4.78 is 1.79. The van der Waals surface area contributed by atoms with E-state index in [9.17, 15) is 4.79 Å². The number of Topliss-reactive ketones (excluding diaryl/α,β-unsaturated/α-hetero) is 1. The maximum atomic E-state index is 12.4. The zero-order chi connectivity index (χ0) is 13.0. The molecule has 0 saturated heterocycles. The summed E-state index contributed by atoms with van der Waals surface area (Å²) in [7, 11) is 0. The molecule has 1 aromatic heterocycles. The first kappa shape index (κ1) is 13.2. The van der Waals surface area contributed by atoms with Gasteiger partial charge >= 0.3 is 0 Å². The van der Waals surface area contributed by atoms with Crippen LogP contribution in [0.15, 0.2) is 6.33 Å². The summed E-state index contributed by atoms with van der Waals surface area (Å²) >= 11 is 0. The number of ketones is 1. The first-order valence-corrected chi connectivity index (χ1v) is 6.85. The van der Waals surface area contributed by atoms with E-state index in [1.54, 1.807) is 4.68 Å². The standard InChI is InChI=1S/C13H22N4O/c1-2-17-13(15-9-16-17)7-12(18)11-6-4-3-5-10(11)8-14/h9-11H,2-8,14H2,1H3. The third-order valence-corrected chi connectivity index (χ3v) is 3.95. The lowest BCUT2D eigenvalue weighted by atomic mass is 9.76. The minimum absolute atomic E-state index is 0.130. The number of carbonyl (C=O) groups is 1. The van der Waals surface area contributed by atoms with Crippen molar-refractivity contribution in [1.29, 1.82) is 0 Å². The van der Waals surface area contributed by atoms with E-state index >= 15 is 0 Å². The number of hydrogen-bond donors (Lipinski definition) is 1. The number of carbonyl (C=O) groups excluding carboxylic acids is 1. The van der Waals surface area contributed by atoms with Gasteiger partial charge in [0, 0.05) is 12.5 Å². The molecule has 5 nitrogen and oxygen atoms in total. The molecule has 0 amide bonds. The van der Waals surface area contributed by atoms with Gasteiger partial charge in [0.15, 0.2) is 0 Å². The third-order valence-electron chi connectivity index (χ3n) is 3.95. The van der Waals surface area contributed by atoms with Crippen LogP contribution in [0.4, 0.5) is 0 Å². The van der Waals surface area contributed by atoms with E-state index in [1.165, 1.54) is 12.7 Å². The summed E-state index contributed by atoms with van der Waals surface area (Å²) in [6, 6.07) is 0. The van der Waals surface area contributed by atoms with Gasteiger partial charge in [-0.2, -0.15) is 5.10 Å². The molecule has 1 aromatic rings. The predicted octanol–water partition coefficient (Wildman–Crippen LogP) is 1.17. The van der Waals surface area contributed by atoms with Gasteiger partial charge in [0.05, 0.1) is 6.42 Å². The molecule has 2 N–H and O–H groups in total. The summed E-state index contributed by atoms with van der Waals surface area (Å²) in [4.78, 5) is 16.5. The second-order valence-electron chi connectivity index (χ2n) is 5.02. The molecule has 1 aliphatic rings. The maximum Gasteiger partial charge on any atom is 0.143 e. The number of aryl methyl sites for hydroxylation is 1. The molecule has 0 bridgehead atoms. The fourth-order valence-corrected chi connectivity index (χ4v) is 2.89. The maximum absolute atomic E-state index is 12.4. The monoisotopic (exact) mass is 250 g/mol. The highest BCUT2D eigenvalue weighted by Gasteiger charge is 2.30.